The van der Waals surface area contributed by atoms with Gasteiger partial charge in [0, 0.05) is 0 Å². The lowest BCUT2D eigenvalue weighted by Gasteiger charge is -2.18. The number of amides is 1. The van der Waals surface area contributed by atoms with Crippen molar-refractivity contribution >= 4 is 11.9 Å². The van der Waals surface area contributed by atoms with Crippen LogP contribution in [0.1, 0.15) is 27.5 Å². The third kappa shape index (κ3) is 3.60. The quantitative estimate of drug-likeness (QED) is 0.751. The second kappa shape index (κ2) is 6.83. The highest BCUT2D eigenvalue weighted by Gasteiger charge is 2.26. The van der Waals surface area contributed by atoms with Gasteiger partial charge in [0.05, 0.1) is 7.11 Å². The van der Waals surface area contributed by atoms with Gasteiger partial charge in [-0.1, -0.05) is 35.9 Å². The first-order valence-electron chi connectivity index (χ1n) is 6.90. The summed E-state index contributed by atoms with van der Waals surface area (Å²) >= 11 is 0. The van der Waals surface area contributed by atoms with Crippen molar-refractivity contribution in [3.05, 3.63) is 59.2 Å². The van der Waals surface area contributed by atoms with E-state index in [4.69, 9.17) is 4.74 Å². The molecule has 6 nitrogen and oxygen atoms in total. The van der Waals surface area contributed by atoms with Crippen molar-refractivity contribution in [3.63, 3.8) is 0 Å². The van der Waals surface area contributed by atoms with Crippen molar-refractivity contribution in [3.8, 4) is 11.5 Å². The van der Waals surface area contributed by atoms with Crippen LogP contribution in [0.3, 0.4) is 0 Å². The van der Waals surface area contributed by atoms with Crippen molar-refractivity contribution in [1.29, 1.82) is 0 Å². The van der Waals surface area contributed by atoms with Gasteiger partial charge >= 0.3 is 5.97 Å². The fourth-order valence-corrected chi connectivity index (χ4v) is 2.21. The predicted octanol–water partition coefficient (Wildman–Crippen LogP) is 2.05. The standard InChI is InChI=1S/C17H17NO5/c1-10-5-3-6-11(9-10)15(17(22)23-2)18-16(21)14-12(19)7-4-8-13(14)20/h3-9,15,19-20H,1-2H3,(H,18,21). The molecule has 0 aliphatic rings. The fraction of sp³-hybridized carbons (Fsp3) is 0.176. The maximum atomic E-state index is 12.3. The Balaban J connectivity index is 2.35. The summed E-state index contributed by atoms with van der Waals surface area (Å²) < 4.78 is 4.73. The number of nitrogens with one attached hydrogen (secondary N) is 1. The maximum Gasteiger partial charge on any atom is 0.333 e. The van der Waals surface area contributed by atoms with Gasteiger partial charge in [-0.3, -0.25) is 4.79 Å². The Morgan fingerprint density at radius 2 is 1.70 bits per heavy atom. The Bertz CT molecular complexity index is 721. The summed E-state index contributed by atoms with van der Waals surface area (Å²) in [5.41, 5.74) is 1.16. The number of benzene rings is 2. The van der Waals surface area contributed by atoms with Crippen LogP contribution in [0.4, 0.5) is 0 Å². The molecular formula is C17H17NO5. The molecule has 0 aliphatic heterocycles. The summed E-state index contributed by atoms with van der Waals surface area (Å²) in [7, 11) is 1.22. The highest BCUT2D eigenvalue weighted by Crippen LogP contribution is 2.27. The van der Waals surface area contributed by atoms with E-state index in [9.17, 15) is 19.8 Å². The predicted molar refractivity (Wildman–Crippen MR) is 83.2 cm³/mol. The van der Waals surface area contributed by atoms with Gasteiger partial charge in [-0.05, 0) is 24.6 Å². The normalized spacial score (nSPS) is 11.6. The molecule has 6 heteroatoms. The smallest absolute Gasteiger partial charge is 0.333 e. The Kier molecular flexibility index (Phi) is 4.85. The first-order chi connectivity index (χ1) is 10.9. The molecule has 0 aromatic heterocycles. The van der Waals surface area contributed by atoms with E-state index < -0.39 is 17.9 Å². The molecule has 0 spiro atoms. The number of rotatable bonds is 4. The molecule has 120 valence electrons. The molecular weight excluding hydrogens is 298 g/mol. The summed E-state index contributed by atoms with van der Waals surface area (Å²) in [4.78, 5) is 24.3. The lowest BCUT2D eigenvalue weighted by molar-refractivity contribution is -0.143. The zero-order chi connectivity index (χ0) is 17.0. The number of phenolic OH excluding ortho intramolecular Hbond substituents is 2. The number of esters is 1. The van der Waals surface area contributed by atoms with Crippen LogP contribution >= 0.6 is 0 Å². The number of methoxy groups -OCH3 is 1. The molecule has 0 radical (unpaired) electrons. The number of ether oxygens (including phenoxy) is 1. The second-order valence-corrected chi connectivity index (χ2v) is 5.02. The molecule has 2 rings (SSSR count). The second-order valence-electron chi connectivity index (χ2n) is 5.02. The SMILES string of the molecule is COC(=O)C(NC(=O)c1c(O)cccc1O)c1cccc(C)c1. The van der Waals surface area contributed by atoms with Gasteiger partial charge in [0.25, 0.3) is 5.91 Å². The Morgan fingerprint density at radius 1 is 1.09 bits per heavy atom. The summed E-state index contributed by atoms with van der Waals surface area (Å²) in [6.45, 7) is 1.86. The van der Waals surface area contributed by atoms with E-state index in [1.807, 2.05) is 13.0 Å². The van der Waals surface area contributed by atoms with Gasteiger partial charge < -0.3 is 20.3 Å². The van der Waals surface area contributed by atoms with E-state index in [1.54, 1.807) is 18.2 Å². The Morgan fingerprint density at radius 3 is 2.26 bits per heavy atom. The molecule has 1 unspecified atom stereocenters. The van der Waals surface area contributed by atoms with Crippen LogP contribution in [-0.2, 0) is 9.53 Å². The molecule has 2 aromatic carbocycles. The van der Waals surface area contributed by atoms with Crippen molar-refractivity contribution in [2.24, 2.45) is 0 Å². The van der Waals surface area contributed by atoms with Crippen LogP contribution in [0, 0.1) is 6.92 Å². The van der Waals surface area contributed by atoms with Gasteiger partial charge in [0.1, 0.15) is 17.1 Å². The van der Waals surface area contributed by atoms with E-state index in [0.717, 1.165) is 5.56 Å². The molecule has 1 amide bonds. The Hall–Kier alpha value is -3.02. The van der Waals surface area contributed by atoms with E-state index in [1.165, 1.54) is 25.3 Å². The average Bonchev–Trinajstić information content (AvgIpc) is 2.51. The van der Waals surface area contributed by atoms with Crippen molar-refractivity contribution in [1.82, 2.24) is 5.32 Å². The van der Waals surface area contributed by atoms with Gasteiger partial charge in [0.2, 0.25) is 0 Å². The van der Waals surface area contributed by atoms with E-state index in [0.29, 0.717) is 5.56 Å². The highest BCUT2D eigenvalue weighted by atomic mass is 16.5. The van der Waals surface area contributed by atoms with Gasteiger partial charge in [-0.2, -0.15) is 0 Å². The third-order valence-electron chi connectivity index (χ3n) is 3.34. The molecule has 0 saturated heterocycles. The summed E-state index contributed by atoms with van der Waals surface area (Å²) in [5.74, 6) is -2.19. The van der Waals surface area contributed by atoms with Crippen molar-refractivity contribution < 1.29 is 24.5 Å². The van der Waals surface area contributed by atoms with Crippen LogP contribution in [0.5, 0.6) is 11.5 Å². The van der Waals surface area contributed by atoms with E-state index >= 15 is 0 Å². The zero-order valence-corrected chi connectivity index (χ0v) is 12.7. The molecule has 23 heavy (non-hydrogen) atoms. The van der Waals surface area contributed by atoms with Gasteiger partial charge in [0.15, 0.2) is 6.04 Å². The van der Waals surface area contributed by atoms with E-state index in [2.05, 4.69) is 5.32 Å². The topological polar surface area (TPSA) is 95.9 Å². The minimum absolute atomic E-state index is 0.297. The monoisotopic (exact) mass is 315 g/mol. The molecule has 0 aliphatic carbocycles. The lowest BCUT2D eigenvalue weighted by atomic mass is 10.0. The van der Waals surface area contributed by atoms with Gasteiger partial charge in [-0.25, -0.2) is 4.79 Å². The number of aryl methyl sites for hydroxylation is 1. The average molecular weight is 315 g/mol. The van der Waals surface area contributed by atoms with Crippen molar-refractivity contribution in [2.45, 2.75) is 13.0 Å². The molecule has 0 heterocycles. The zero-order valence-electron chi connectivity index (χ0n) is 12.7. The molecule has 0 fully saturated rings. The largest absolute Gasteiger partial charge is 0.507 e. The first kappa shape index (κ1) is 16.4. The van der Waals surface area contributed by atoms with Crippen LogP contribution < -0.4 is 5.32 Å². The summed E-state index contributed by atoms with van der Waals surface area (Å²) in [6.07, 6.45) is 0. The number of phenols is 2. The summed E-state index contributed by atoms with van der Waals surface area (Å²) in [6, 6.07) is 9.93. The number of hydrogen-bond donors (Lipinski definition) is 3. The summed E-state index contributed by atoms with van der Waals surface area (Å²) in [5, 5.41) is 22.0. The molecule has 3 N–H and O–H groups in total. The number of hydrogen-bond acceptors (Lipinski definition) is 5. The van der Waals surface area contributed by atoms with E-state index in [-0.39, 0.29) is 17.1 Å². The van der Waals surface area contributed by atoms with Gasteiger partial charge in [-0.15, -0.1) is 0 Å². The highest BCUT2D eigenvalue weighted by molar-refractivity contribution is 6.01. The maximum absolute atomic E-state index is 12.3. The van der Waals surface area contributed by atoms with Crippen LogP contribution in [-0.4, -0.2) is 29.2 Å². The number of carbonyl (C=O) groups excluding carboxylic acids is 2. The molecule has 1 atom stereocenters. The number of aromatic hydroxyl groups is 2. The van der Waals surface area contributed by atoms with Crippen LogP contribution in [0.15, 0.2) is 42.5 Å². The molecule has 2 aromatic rings. The lowest BCUT2D eigenvalue weighted by Crippen LogP contribution is -2.34. The Labute approximate surface area is 133 Å². The van der Waals surface area contributed by atoms with Crippen LogP contribution in [0.25, 0.3) is 0 Å². The molecule has 0 saturated carbocycles. The minimum Gasteiger partial charge on any atom is -0.507 e. The minimum atomic E-state index is -1.05. The first-order valence-corrected chi connectivity index (χ1v) is 6.90. The molecule has 0 bridgehead atoms. The third-order valence-corrected chi connectivity index (χ3v) is 3.34. The van der Waals surface area contributed by atoms with Crippen LogP contribution in [0.2, 0.25) is 0 Å². The van der Waals surface area contributed by atoms with Crippen molar-refractivity contribution in [2.75, 3.05) is 7.11 Å². The number of carbonyl (C=O) groups is 2. The fourth-order valence-electron chi connectivity index (χ4n) is 2.21.